The van der Waals surface area contributed by atoms with Gasteiger partial charge in [0.2, 0.25) is 5.78 Å². The summed E-state index contributed by atoms with van der Waals surface area (Å²) in [4.78, 5) is 49.9. The molecule has 0 saturated heterocycles. The van der Waals surface area contributed by atoms with Crippen molar-refractivity contribution in [1.29, 1.82) is 0 Å². The van der Waals surface area contributed by atoms with Gasteiger partial charge in [-0.05, 0) is 70.0 Å². The van der Waals surface area contributed by atoms with Crippen molar-refractivity contribution < 1.29 is 37.1 Å². The Balaban J connectivity index is 0.000000511. The molecule has 0 aliphatic rings. The summed E-state index contributed by atoms with van der Waals surface area (Å²) in [6.45, 7) is 5.17. The Hall–Kier alpha value is -2.47. The first-order valence-corrected chi connectivity index (χ1v) is 10.4. The van der Waals surface area contributed by atoms with Gasteiger partial charge in [0.15, 0.2) is 11.6 Å². The second-order valence-corrected chi connectivity index (χ2v) is 7.37. The van der Waals surface area contributed by atoms with E-state index in [1.165, 1.54) is 26.0 Å². The number of halogens is 5. The maximum Gasteiger partial charge on any atom is 0.450 e. The maximum absolute atomic E-state index is 11.9. The fourth-order valence-electron chi connectivity index (χ4n) is 1.68. The summed E-state index contributed by atoms with van der Waals surface area (Å²) in [5, 5.41) is 0. The van der Waals surface area contributed by atoms with Crippen LogP contribution in [0.15, 0.2) is 45.9 Å². The second-order valence-electron chi connectivity index (χ2n) is 5.74. The van der Waals surface area contributed by atoms with Gasteiger partial charge in [-0.15, -0.1) is 0 Å². The molecule has 2 heterocycles. The minimum Gasteiger partial charge on any atom is -0.466 e. The van der Waals surface area contributed by atoms with Crippen molar-refractivity contribution in [2.45, 2.75) is 33.4 Å². The molecule has 12 heteroatoms. The quantitative estimate of drug-likeness (QED) is 0.207. The van der Waals surface area contributed by atoms with Gasteiger partial charge in [-0.1, -0.05) is 0 Å². The molecule has 0 aliphatic carbocycles. The highest BCUT2D eigenvalue weighted by atomic mass is 79.9. The lowest BCUT2D eigenvalue weighted by atomic mass is 10.1. The van der Waals surface area contributed by atoms with E-state index in [-0.39, 0.29) is 17.3 Å². The van der Waals surface area contributed by atoms with Crippen LogP contribution in [0.25, 0.3) is 0 Å². The van der Waals surface area contributed by atoms with Crippen LogP contribution in [0.4, 0.5) is 13.2 Å². The third kappa shape index (κ3) is 13.1. The lowest BCUT2D eigenvalue weighted by molar-refractivity contribution is -0.170. The first-order valence-electron chi connectivity index (χ1n) is 8.78. The molecule has 0 N–H and O–H groups in total. The summed E-state index contributed by atoms with van der Waals surface area (Å²) in [5.74, 6) is -3.12. The second kappa shape index (κ2) is 14.6. The Bertz CT molecular complexity index is 918. The van der Waals surface area contributed by atoms with Crippen LogP contribution >= 0.6 is 31.9 Å². The molecular formula is C20H19Br2F3N2O5. The zero-order valence-electron chi connectivity index (χ0n) is 17.2. The van der Waals surface area contributed by atoms with Crippen molar-refractivity contribution >= 4 is 55.2 Å². The minimum atomic E-state index is -4.97. The van der Waals surface area contributed by atoms with E-state index in [1.54, 1.807) is 25.3 Å². The number of carbonyl (C=O) groups is 4. The summed E-state index contributed by atoms with van der Waals surface area (Å²) in [6, 6.07) is 6.19. The summed E-state index contributed by atoms with van der Waals surface area (Å²) in [5.41, 5.74) is 0.615. The van der Waals surface area contributed by atoms with E-state index >= 15 is 0 Å². The van der Waals surface area contributed by atoms with Gasteiger partial charge in [-0.25, -0.2) is 9.97 Å². The minimum absolute atomic E-state index is 0.0270. The molecule has 0 unspecified atom stereocenters. The van der Waals surface area contributed by atoms with Crippen molar-refractivity contribution in [2.24, 2.45) is 0 Å². The number of aromatic nitrogens is 2. The Kier molecular flexibility index (Phi) is 13.4. The summed E-state index contributed by atoms with van der Waals surface area (Å²) in [6.07, 6.45) is -3.51. The number of pyridine rings is 2. The van der Waals surface area contributed by atoms with Crippen LogP contribution < -0.4 is 0 Å². The van der Waals surface area contributed by atoms with Gasteiger partial charge in [0.05, 0.1) is 13.0 Å². The van der Waals surface area contributed by atoms with E-state index in [2.05, 4.69) is 46.6 Å². The van der Waals surface area contributed by atoms with Crippen LogP contribution in [0.2, 0.25) is 0 Å². The first kappa shape index (κ1) is 29.5. The molecule has 32 heavy (non-hydrogen) atoms. The molecule has 0 aromatic carbocycles. The molecular weight excluding hydrogens is 565 g/mol. The van der Waals surface area contributed by atoms with Crippen LogP contribution in [0.5, 0.6) is 0 Å². The summed E-state index contributed by atoms with van der Waals surface area (Å²) >= 11 is 6.18. The van der Waals surface area contributed by atoms with Crippen LogP contribution in [0, 0.1) is 0 Å². The average molecular weight is 584 g/mol. The van der Waals surface area contributed by atoms with E-state index in [1.807, 2.05) is 0 Å². The van der Waals surface area contributed by atoms with Gasteiger partial charge in [0, 0.05) is 30.4 Å². The predicted octanol–water partition coefficient (Wildman–Crippen LogP) is 5.16. The molecule has 7 nitrogen and oxygen atoms in total. The number of hydrogen-bond acceptors (Lipinski definition) is 7. The average Bonchev–Trinajstić information content (AvgIpc) is 2.69. The monoisotopic (exact) mass is 582 g/mol. The van der Waals surface area contributed by atoms with Gasteiger partial charge in [-0.2, -0.15) is 13.2 Å². The highest BCUT2D eigenvalue weighted by Crippen LogP contribution is 2.19. The fourth-order valence-corrected chi connectivity index (χ4v) is 2.15. The number of hydrogen-bond donors (Lipinski definition) is 0. The fraction of sp³-hybridized carbons (Fsp3) is 0.300. The Morgan fingerprint density at radius 2 is 1.38 bits per heavy atom. The lowest BCUT2D eigenvalue weighted by Crippen LogP contribution is -2.25. The Morgan fingerprint density at radius 1 is 0.906 bits per heavy atom. The number of alkyl halides is 3. The molecule has 2 aromatic heterocycles. The zero-order chi connectivity index (χ0) is 24.9. The van der Waals surface area contributed by atoms with Crippen LogP contribution in [0.3, 0.4) is 0 Å². The molecule has 2 aromatic rings. The molecule has 0 fully saturated rings. The number of ether oxygens (including phenoxy) is 1. The number of Topliss-reactive ketones (excluding diaryl/α,β-unsaturated/α-hetero) is 3. The predicted molar refractivity (Wildman–Crippen MR) is 116 cm³/mol. The van der Waals surface area contributed by atoms with E-state index < -0.39 is 24.2 Å². The standard InChI is InChI=1S/C9H5BrF3NO2.C7H6BrNO.C4H8O2/c10-8-2-1-5(4-14-8)6(15)3-7(16)9(11,12)13;1-5(10)6-2-3-7(8)9-4-6;1-3-6-4(2)5/h1-2,4H,3H2;2-4H,1H3;3H2,1-2H3. The highest BCUT2D eigenvalue weighted by molar-refractivity contribution is 9.10. The van der Waals surface area contributed by atoms with Crippen LogP contribution in [0.1, 0.15) is 47.9 Å². The number of carbonyl (C=O) groups excluding carboxylic acids is 4. The van der Waals surface area contributed by atoms with Crippen molar-refractivity contribution in [2.75, 3.05) is 6.61 Å². The Labute approximate surface area is 199 Å². The maximum atomic E-state index is 11.9. The van der Waals surface area contributed by atoms with Gasteiger partial charge in [-0.3, -0.25) is 19.2 Å². The third-order valence-electron chi connectivity index (χ3n) is 3.17. The van der Waals surface area contributed by atoms with Crippen molar-refractivity contribution in [3.05, 3.63) is 57.0 Å². The van der Waals surface area contributed by atoms with Gasteiger partial charge < -0.3 is 4.74 Å². The molecule has 0 bridgehead atoms. The SMILES string of the molecule is CC(=O)c1ccc(Br)nc1.CCOC(C)=O.O=C(CC(=O)C(F)(F)F)c1ccc(Br)nc1. The number of ketones is 3. The summed E-state index contributed by atoms with van der Waals surface area (Å²) < 4.78 is 41.2. The number of rotatable bonds is 5. The molecule has 0 amide bonds. The van der Waals surface area contributed by atoms with Crippen LogP contribution in [-0.4, -0.2) is 46.1 Å². The van der Waals surface area contributed by atoms with Crippen LogP contribution in [-0.2, 0) is 14.3 Å². The molecule has 0 radical (unpaired) electrons. The van der Waals surface area contributed by atoms with Gasteiger partial charge in [0.1, 0.15) is 9.21 Å². The largest absolute Gasteiger partial charge is 0.466 e. The van der Waals surface area contributed by atoms with E-state index in [4.69, 9.17) is 0 Å². The number of esters is 1. The molecule has 0 saturated carbocycles. The topological polar surface area (TPSA) is 103 Å². The molecule has 0 spiro atoms. The van der Waals surface area contributed by atoms with E-state index in [0.717, 1.165) is 10.8 Å². The zero-order valence-corrected chi connectivity index (χ0v) is 20.4. The van der Waals surface area contributed by atoms with Gasteiger partial charge in [0.25, 0.3) is 0 Å². The molecule has 2 rings (SSSR count). The lowest BCUT2D eigenvalue weighted by Gasteiger charge is -2.04. The van der Waals surface area contributed by atoms with E-state index in [0.29, 0.717) is 16.8 Å². The van der Waals surface area contributed by atoms with Gasteiger partial charge >= 0.3 is 12.1 Å². The third-order valence-corrected chi connectivity index (χ3v) is 4.11. The van der Waals surface area contributed by atoms with Crippen molar-refractivity contribution in [1.82, 2.24) is 9.97 Å². The number of nitrogens with zero attached hydrogens (tertiary/aromatic N) is 2. The van der Waals surface area contributed by atoms with Crippen molar-refractivity contribution in [3.8, 4) is 0 Å². The molecule has 0 atom stereocenters. The molecule has 174 valence electrons. The Morgan fingerprint density at radius 3 is 1.66 bits per heavy atom. The highest BCUT2D eigenvalue weighted by Gasteiger charge is 2.39. The van der Waals surface area contributed by atoms with E-state index in [9.17, 15) is 32.3 Å². The molecule has 0 aliphatic heterocycles. The summed E-state index contributed by atoms with van der Waals surface area (Å²) in [7, 11) is 0. The smallest absolute Gasteiger partial charge is 0.450 e. The first-order chi connectivity index (χ1) is 14.8. The van der Waals surface area contributed by atoms with Crippen molar-refractivity contribution in [3.63, 3.8) is 0 Å². The normalized spacial score (nSPS) is 10.0.